The molecule has 1 aliphatic carbocycles. The van der Waals surface area contributed by atoms with E-state index in [1.165, 1.54) is 24.8 Å². The van der Waals surface area contributed by atoms with Crippen molar-refractivity contribution in [3.63, 3.8) is 0 Å². The van der Waals surface area contributed by atoms with Crippen molar-refractivity contribution in [2.45, 2.75) is 51.0 Å². The highest BCUT2D eigenvalue weighted by atomic mass is 79.9. The maximum atomic E-state index is 6.27. The molecule has 2 N–H and O–H groups in total. The molecule has 1 fully saturated rings. The maximum Gasteiger partial charge on any atom is 0.231 e. The van der Waals surface area contributed by atoms with Gasteiger partial charge in [-0.2, -0.15) is 4.98 Å². The molecule has 3 rings (SSSR count). The highest BCUT2D eigenvalue weighted by Gasteiger charge is 2.27. The van der Waals surface area contributed by atoms with Crippen LogP contribution in [-0.2, 0) is 0 Å². The van der Waals surface area contributed by atoms with E-state index in [1.807, 2.05) is 12.1 Å². The van der Waals surface area contributed by atoms with Gasteiger partial charge in [-0.3, -0.25) is 0 Å². The molecular formula is C16H20BrN3O. The number of rotatable bonds is 2. The van der Waals surface area contributed by atoms with Gasteiger partial charge in [-0.05, 0) is 37.5 Å². The molecule has 112 valence electrons. The topological polar surface area (TPSA) is 64.9 Å². The molecule has 2 unspecified atom stereocenters. The molecule has 0 bridgehead atoms. The van der Waals surface area contributed by atoms with Gasteiger partial charge in [-0.1, -0.05) is 46.4 Å². The second kappa shape index (κ2) is 6.28. The maximum absolute atomic E-state index is 6.27. The van der Waals surface area contributed by atoms with Crippen LogP contribution >= 0.6 is 15.9 Å². The first-order valence-corrected chi connectivity index (χ1v) is 8.30. The molecule has 1 heterocycles. The zero-order valence-electron chi connectivity index (χ0n) is 12.2. The second-order valence-electron chi connectivity index (χ2n) is 5.85. The summed E-state index contributed by atoms with van der Waals surface area (Å²) in [6, 6.07) is 6.25. The highest BCUT2D eigenvalue weighted by Crippen LogP contribution is 2.32. The number of nitrogens with zero attached hydrogens (tertiary/aromatic N) is 2. The van der Waals surface area contributed by atoms with Gasteiger partial charge in [0.2, 0.25) is 11.7 Å². The molecule has 0 aliphatic heterocycles. The number of halogens is 1. The Morgan fingerprint density at radius 2 is 2.05 bits per heavy atom. The van der Waals surface area contributed by atoms with Crippen molar-refractivity contribution in [2.24, 2.45) is 5.73 Å². The van der Waals surface area contributed by atoms with Crippen molar-refractivity contribution in [3.8, 4) is 11.4 Å². The average molecular weight is 350 g/mol. The summed E-state index contributed by atoms with van der Waals surface area (Å²) in [5.74, 6) is 1.51. The molecule has 1 aliphatic rings. The second-order valence-corrected chi connectivity index (χ2v) is 6.70. The third-order valence-electron chi connectivity index (χ3n) is 4.19. The summed E-state index contributed by atoms with van der Waals surface area (Å²) in [5, 5.41) is 4.15. The zero-order chi connectivity index (χ0) is 14.8. The molecule has 0 saturated heterocycles. The molecule has 2 atom stereocenters. The number of nitrogens with two attached hydrogens (primary N) is 1. The van der Waals surface area contributed by atoms with Crippen LogP contribution in [-0.4, -0.2) is 16.2 Å². The van der Waals surface area contributed by atoms with Gasteiger partial charge in [0.25, 0.3) is 0 Å². The van der Waals surface area contributed by atoms with Crippen molar-refractivity contribution in [3.05, 3.63) is 34.1 Å². The summed E-state index contributed by atoms with van der Waals surface area (Å²) >= 11 is 3.57. The summed E-state index contributed by atoms with van der Waals surface area (Å²) in [5.41, 5.74) is 8.42. The summed E-state index contributed by atoms with van der Waals surface area (Å²) in [4.78, 5) is 4.60. The number of hydrogen-bond donors (Lipinski definition) is 1. The largest absolute Gasteiger partial charge is 0.339 e. The molecule has 1 aromatic heterocycles. The van der Waals surface area contributed by atoms with Gasteiger partial charge in [0, 0.05) is 16.1 Å². The minimum atomic E-state index is 0.127. The third kappa shape index (κ3) is 3.19. The van der Waals surface area contributed by atoms with Gasteiger partial charge < -0.3 is 10.3 Å². The van der Waals surface area contributed by atoms with E-state index in [-0.39, 0.29) is 12.0 Å². The van der Waals surface area contributed by atoms with Gasteiger partial charge in [-0.25, -0.2) is 0 Å². The lowest BCUT2D eigenvalue weighted by atomic mass is 9.95. The first kappa shape index (κ1) is 14.7. The molecular weight excluding hydrogens is 330 g/mol. The predicted molar refractivity (Wildman–Crippen MR) is 86.0 cm³/mol. The number of benzene rings is 1. The SMILES string of the molecule is Cc1ccc(-c2noc(C3CCCCCC3N)n2)c(Br)c1. The standard InChI is InChI=1S/C16H20BrN3O/c1-10-7-8-11(13(17)9-10)15-19-16(21-20-15)12-5-3-2-4-6-14(12)18/h7-9,12,14H,2-6,18H2,1H3. The fourth-order valence-corrected chi connectivity index (χ4v) is 3.61. The van der Waals surface area contributed by atoms with Crippen molar-refractivity contribution in [1.82, 2.24) is 10.1 Å². The fraction of sp³-hybridized carbons (Fsp3) is 0.500. The van der Waals surface area contributed by atoms with Crippen LogP contribution in [0.3, 0.4) is 0 Å². The summed E-state index contributed by atoms with van der Waals surface area (Å²) < 4.78 is 6.49. The molecule has 4 nitrogen and oxygen atoms in total. The lowest BCUT2D eigenvalue weighted by Gasteiger charge is -2.16. The minimum Gasteiger partial charge on any atom is -0.339 e. The summed E-state index contributed by atoms with van der Waals surface area (Å²) in [6.45, 7) is 2.06. The van der Waals surface area contributed by atoms with Gasteiger partial charge in [0.15, 0.2) is 0 Å². The normalized spacial score (nSPS) is 23.0. The number of aryl methyl sites for hydroxylation is 1. The smallest absolute Gasteiger partial charge is 0.231 e. The van der Waals surface area contributed by atoms with Gasteiger partial charge >= 0.3 is 0 Å². The van der Waals surface area contributed by atoms with E-state index in [1.54, 1.807) is 0 Å². The van der Waals surface area contributed by atoms with Crippen molar-refractivity contribution >= 4 is 15.9 Å². The lowest BCUT2D eigenvalue weighted by Crippen LogP contribution is -2.27. The predicted octanol–water partition coefficient (Wildman–Crippen LogP) is 4.18. The van der Waals surface area contributed by atoms with Gasteiger partial charge in [-0.15, -0.1) is 0 Å². The van der Waals surface area contributed by atoms with Crippen LogP contribution in [0.4, 0.5) is 0 Å². The zero-order valence-corrected chi connectivity index (χ0v) is 13.8. The Balaban J connectivity index is 1.88. The van der Waals surface area contributed by atoms with Crippen LogP contribution in [0.1, 0.15) is 49.5 Å². The fourth-order valence-electron chi connectivity index (χ4n) is 2.94. The van der Waals surface area contributed by atoms with Crippen LogP contribution in [0.25, 0.3) is 11.4 Å². The molecule has 0 radical (unpaired) electrons. The van der Waals surface area contributed by atoms with Gasteiger partial charge in [0.1, 0.15) is 0 Å². The molecule has 0 amide bonds. The highest BCUT2D eigenvalue weighted by molar-refractivity contribution is 9.10. The number of aromatic nitrogens is 2. The molecule has 21 heavy (non-hydrogen) atoms. The Morgan fingerprint density at radius 1 is 1.24 bits per heavy atom. The third-order valence-corrected chi connectivity index (χ3v) is 4.85. The van der Waals surface area contributed by atoms with Crippen LogP contribution in [0, 0.1) is 6.92 Å². The minimum absolute atomic E-state index is 0.127. The summed E-state index contributed by atoms with van der Waals surface area (Å²) in [6.07, 6.45) is 5.70. The van der Waals surface area contributed by atoms with E-state index in [4.69, 9.17) is 10.3 Å². The van der Waals surface area contributed by atoms with Crippen LogP contribution in [0.5, 0.6) is 0 Å². The quantitative estimate of drug-likeness (QED) is 0.825. The van der Waals surface area contributed by atoms with E-state index in [0.717, 1.165) is 22.9 Å². The number of hydrogen-bond acceptors (Lipinski definition) is 4. The Bertz CT molecular complexity index is 626. The summed E-state index contributed by atoms with van der Waals surface area (Å²) in [7, 11) is 0. The van der Waals surface area contributed by atoms with Crippen molar-refractivity contribution < 1.29 is 4.52 Å². The first-order valence-electron chi connectivity index (χ1n) is 7.51. The van der Waals surface area contributed by atoms with E-state index < -0.39 is 0 Å². The first-order chi connectivity index (χ1) is 10.1. The molecule has 5 heteroatoms. The van der Waals surface area contributed by atoms with Crippen molar-refractivity contribution in [2.75, 3.05) is 0 Å². The van der Waals surface area contributed by atoms with Crippen molar-refractivity contribution in [1.29, 1.82) is 0 Å². The van der Waals surface area contributed by atoms with E-state index in [0.29, 0.717) is 11.7 Å². The van der Waals surface area contributed by atoms with Gasteiger partial charge in [0.05, 0.1) is 5.92 Å². The molecule has 2 aromatic rings. The molecule has 1 saturated carbocycles. The molecule has 0 spiro atoms. The monoisotopic (exact) mass is 349 g/mol. The Hall–Kier alpha value is -1.20. The average Bonchev–Trinajstić information content (AvgIpc) is 2.82. The Labute approximate surface area is 133 Å². The van der Waals surface area contributed by atoms with Crippen LogP contribution in [0.2, 0.25) is 0 Å². The Kier molecular flexibility index (Phi) is 4.40. The van der Waals surface area contributed by atoms with E-state index >= 15 is 0 Å². The van der Waals surface area contributed by atoms with Crippen LogP contribution in [0.15, 0.2) is 27.2 Å². The van der Waals surface area contributed by atoms with E-state index in [2.05, 4.69) is 39.1 Å². The molecule has 1 aromatic carbocycles. The van der Waals surface area contributed by atoms with Crippen LogP contribution < -0.4 is 5.73 Å². The van der Waals surface area contributed by atoms with E-state index in [9.17, 15) is 0 Å². The Morgan fingerprint density at radius 3 is 2.86 bits per heavy atom. The lowest BCUT2D eigenvalue weighted by molar-refractivity contribution is 0.326.